The van der Waals surface area contributed by atoms with Crippen LogP contribution in [0.15, 0.2) is 91.0 Å². The number of ether oxygens (including phenoxy) is 3. The minimum Gasteiger partial charge on any atom is -0.494 e. The molecule has 1 N–H and O–H groups in total. The van der Waals surface area contributed by atoms with Gasteiger partial charge in [-0.05, 0) is 84.4 Å². The fraction of sp³-hybridized carbons (Fsp3) is 0.371. The second-order valence-electron chi connectivity index (χ2n) is 11.0. The summed E-state index contributed by atoms with van der Waals surface area (Å²) in [5.74, 6) is 1.27. The minimum atomic E-state index is 0.137. The van der Waals surface area contributed by atoms with Crippen molar-refractivity contribution in [1.82, 2.24) is 10.2 Å². The Labute approximate surface area is 239 Å². The molecule has 1 aliphatic heterocycles. The van der Waals surface area contributed by atoms with Gasteiger partial charge in [-0.15, -0.1) is 0 Å². The molecular weight excluding hydrogens is 496 g/mol. The van der Waals surface area contributed by atoms with Crippen molar-refractivity contribution < 1.29 is 14.2 Å². The van der Waals surface area contributed by atoms with E-state index in [1.807, 2.05) is 18.2 Å². The Balaban J connectivity index is 1.11. The largest absolute Gasteiger partial charge is 0.494 e. The van der Waals surface area contributed by atoms with Crippen LogP contribution in [-0.4, -0.2) is 51.4 Å². The Morgan fingerprint density at radius 1 is 0.775 bits per heavy atom. The van der Waals surface area contributed by atoms with E-state index in [2.05, 4.69) is 97.1 Å². The lowest BCUT2D eigenvalue weighted by Crippen LogP contribution is -2.40. The van der Waals surface area contributed by atoms with Crippen molar-refractivity contribution in [2.75, 3.05) is 40.4 Å². The maximum atomic E-state index is 6.53. The summed E-state index contributed by atoms with van der Waals surface area (Å²) >= 11 is 0. The van der Waals surface area contributed by atoms with Crippen molar-refractivity contribution in [1.29, 1.82) is 0 Å². The third-order valence-corrected chi connectivity index (χ3v) is 7.48. The molecular formula is C35H42N2O3. The average molecular weight is 539 g/mol. The standard InChI is InChI=1S/C35H42N2O3/c1-37(2)24-28-9-11-30-12-10-29(22-32(30)21-28)26-40-35-23-36-18-17-34(35)31-13-15-33(16-14-31)39-20-6-19-38-25-27-7-4-3-5-8-27/h3-5,7-16,21-22,34-36H,6,17-20,23-26H2,1-2H3/t34-,35-/m0/s1. The maximum absolute atomic E-state index is 6.53. The van der Waals surface area contributed by atoms with Gasteiger partial charge < -0.3 is 24.4 Å². The van der Waals surface area contributed by atoms with Gasteiger partial charge in [0.25, 0.3) is 0 Å². The van der Waals surface area contributed by atoms with Crippen molar-refractivity contribution >= 4 is 10.8 Å². The van der Waals surface area contributed by atoms with Gasteiger partial charge in [0.2, 0.25) is 0 Å². The molecule has 0 saturated carbocycles. The predicted octanol–water partition coefficient (Wildman–Crippen LogP) is 6.55. The summed E-state index contributed by atoms with van der Waals surface area (Å²) in [5.41, 5.74) is 5.06. The first-order valence-corrected chi connectivity index (χ1v) is 14.5. The van der Waals surface area contributed by atoms with Gasteiger partial charge in [-0.25, -0.2) is 0 Å². The lowest BCUT2D eigenvalue weighted by Gasteiger charge is -2.32. The first kappa shape index (κ1) is 28.3. The lowest BCUT2D eigenvalue weighted by atomic mass is 9.87. The monoisotopic (exact) mass is 538 g/mol. The van der Waals surface area contributed by atoms with E-state index < -0.39 is 0 Å². The first-order valence-electron chi connectivity index (χ1n) is 14.5. The first-order chi connectivity index (χ1) is 19.6. The number of hydrogen-bond donors (Lipinski definition) is 1. The summed E-state index contributed by atoms with van der Waals surface area (Å²) in [7, 11) is 4.21. The fourth-order valence-corrected chi connectivity index (χ4v) is 5.42. The number of fused-ring (bicyclic) bond motifs is 1. The molecule has 1 heterocycles. The number of benzene rings is 4. The molecule has 0 radical (unpaired) electrons. The molecule has 4 aromatic carbocycles. The topological polar surface area (TPSA) is 43.0 Å². The van der Waals surface area contributed by atoms with E-state index >= 15 is 0 Å². The molecule has 210 valence electrons. The predicted molar refractivity (Wildman–Crippen MR) is 163 cm³/mol. The van der Waals surface area contributed by atoms with Crippen molar-refractivity contribution in [2.24, 2.45) is 0 Å². The van der Waals surface area contributed by atoms with E-state index in [0.29, 0.717) is 32.3 Å². The Morgan fingerprint density at radius 2 is 1.55 bits per heavy atom. The minimum absolute atomic E-state index is 0.137. The summed E-state index contributed by atoms with van der Waals surface area (Å²) in [6.07, 6.45) is 2.07. The highest BCUT2D eigenvalue weighted by atomic mass is 16.5. The van der Waals surface area contributed by atoms with Gasteiger partial charge in [0.15, 0.2) is 0 Å². The summed E-state index contributed by atoms with van der Waals surface area (Å²) in [4.78, 5) is 2.20. The lowest BCUT2D eigenvalue weighted by molar-refractivity contribution is 0.0106. The molecule has 5 nitrogen and oxygen atoms in total. The second kappa shape index (κ2) is 14.4. The van der Waals surface area contributed by atoms with Crippen LogP contribution >= 0.6 is 0 Å². The molecule has 0 spiro atoms. The van der Waals surface area contributed by atoms with Crippen molar-refractivity contribution in [3.05, 3.63) is 113 Å². The van der Waals surface area contributed by atoms with E-state index in [4.69, 9.17) is 14.2 Å². The average Bonchev–Trinajstić information content (AvgIpc) is 2.98. The number of nitrogens with zero attached hydrogens (tertiary/aromatic N) is 1. The van der Waals surface area contributed by atoms with Crippen LogP contribution in [0.2, 0.25) is 0 Å². The highest BCUT2D eigenvalue weighted by molar-refractivity contribution is 5.83. The SMILES string of the molecule is CN(C)Cc1ccc2ccc(CO[C@H]3CNCC[C@H]3c3ccc(OCCCOCc4ccccc4)cc3)cc2c1. The van der Waals surface area contributed by atoms with E-state index in [1.54, 1.807) is 0 Å². The van der Waals surface area contributed by atoms with Crippen LogP contribution in [0, 0.1) is 0 Å². The van der Waals surface area contributed by atoms with E-state index in [0.717, 1.165) is 38.2 Å². The molecule has 1 aliphatic rings. The van der Waals surface area contributed by atoms with Crippen LogP contribution in [0.4, 0.5) is 0 Å². The Hall–Kier alpha value is -3.22. The van der Waals surface area contributed by atoms with Crippen LogP contribution < -0.4 is 10.1 Å². The van der Waals surface area contributed by atoms with E-state index in [1.165, 1.54) is 33.0 Å². The molecule has 5 heteroatoms. The Bertz CT molecular complexity index is 1320. The third-order valence-electron chi connectivity index (χ3n) is 7.48. The zero-order chi connectivity index (χ0) is 27.6. The van der Waals surface area contributed by atoms with Crippen molar-refractivity contribution in [3.63, 3.8) is 0 Å². The highest BCUT2D eigenvalue weighted by Crippen LogP contribution is 2.30. The molecule has 0 amide bonds. The normalized spacial score (nSPS) is 17.4. The zero-order valence-corrected chi connectivity index (χ0v) is 23.9. The van der Waals surface area contributed by atoms with Gasteiger partial charge >= 0.3 is 0 Å². The van der Waals surface area contributed by atoms with E-state index in [9.17, 15) is 0 Å². The van der Waals surface area contributed by atoms with Crippen molar-refractivity contribution in [2.45, 2.75) is 44.6 Å². The molecule has 5 rings (SSSR count). The van der Waals surface area contributed by atoms with Crippen LogP contribution in [0.5, 0.6) is 5.75 Å². The van der Waals surface area contributed by atoms with Gasteiger partial charge in [-0.2, -0.15) is 0 Å². The van der Waals surface area contributed by atoms with Gasteiger partial charge in [0, 0.05) is 25.4 Å². The molecule has 0 aromatic heterocycles. The number of piperidine rings is 1. The second-order valence-corrected chi connectivity index (χ2v) is 11.0. The number of rotatable bonds is 13. The van der Waals surface area contributed by atoms with Crippen LogP contribution in [0.3, 0.4) is 0 Å². The van der Waals surface area contributed by atoms with Gasteiger partial charge in [-0.3, -0.25) is 0 Å². The molecule has 40 heavy (non-hydrogen) atoms. The summed E-state index contributed by atoms with van der Waals surface area (Å²) in [5, 5.41) is 6.07. The molecule has 0 aliphatic carbocycles. The Morgan fingerprint density at radius 3 is 2.35 bits per heavy atom. The molecule has 0 unspecified atom stereocenters. The van der Waals surface area contributed by atoms with Crippen LogP contribution in [0.25, 0.3) is 10.8 Å². The third kappa shape index (κ3) is 8.15. The summed E-state index contributed by atoms with van der Waals surface area (Å²) < 4.78 is 18.3. The van der Waals surface area contributed by atoms with Gasteiger partial charge in [0.05, 0.1) is 32.5 Å². The molecule has 2 atom stereocenters. The highest BCUT2D eigenvalue weighted by Gasteiger charge is 2.27. The van der Waals surface area contributed by atoms with Crippen LogP contribution in [0.1, 0.15) is 41.0 Å². The van der Waals surface area contributed by atoms with Gasteiger partial charge in [-0.1, -0.05) is 66.7 Å². The molecule has 4 aromatic rings. The summed E-state index contributed by atoms with van der Waals surface area (Å²) in [6, 6.07) is 32.3. The van der Waals surface area contributed by atoms with E-state index in [-0.39, 0.29) is 6.10 Å². The molecule has 1 fully saturated rings. The summed E-state index contributed by atoms with van der Waals surface area (Å²) in [6.45, 7) is 5.42. The zero-order valence-electron chi connectivity index (χ0n) is 23.9. The number of hydrogen-bond acceptors (Lipinski definition) is 5. The van der Waals surface area contributed by atoms with Gasteiger partial charge in [0.1, 0.15) is 5.75 Å². The number of nitrogens with one attached hydrogen (secondary N) is 1. The molecule has 1 saturated heterocycles. The quantitative estimate of drug-likeness (QED) is 0.196. The molecule has 0 bridgehead atoms. The smallest absolute Gasteiger partial charge is 0.119 e. The van der Waals surface area contributed by atoms with Crippen LogP contribution in [-0.2, 0) is 29.2 Å². The maximum Gasteiger partial charge on any atom is 0.119 e. The van der Waals surface area contributed by atoms with Crippen molar-refractivity contribution in [3.8, 4) is 5.75 Å². The fourth-order valence-electron chi connectivity index (χ4n) is 5.42. The Kier molecular flexibility index (Phi) is 10.2.